The van der Waals surface area contributed by atoms with E-state index in [-0.39, 0.29) is 11.9 Å². The number of nitrogens with two attached hydrogens (primary N) is 1. The van der Waals surface area contributed by atoms with Crippen LogP contribution in [0.25, 0.3) is 0 Å². The maximum absolute atomic E-state index is 12.4. The molecule has 0 unspecified atom stereocenters. The van der Waals surface area contributed by atoms with E-state index in [1.807, 2.05) is 12.2 Å². The minimum atomic E-state index is -0.920. The minimum absolute atomic E-state index is 0.188. The number of anilines is 1. The van der Waals surface area contributed by atoms with Crippen LogP contribution in [-0.2, 0) is 27.2 Å². The van der Waals surface area contributed by atoms with E-state index in [1.54, 1.807) is 0 Å². The molecule has 0 aromatic carbocycles. The van der Waals surface area contributed by atoms with Gasteiger partial charge in [0.05, 0.1) is 11.5 Å². The molecule has 0 radical (unpaired) electrons. The molecular formula is C18H22N2O4S. The van der Waals surface area contributed by atoms with Gasteiger partial charge < -0.3 is 15.8 Å². The largest absolute Gasteiger partial charge is 0.452 e. The van der Waals surface area contributed by atoms with Crippen molar-refractivity contribution >= 4 is 34.1 Å². The summed E-state index contributed by atoms with van der Waals surface area (Å²) in [5, 5.41) is 3.18. The van der Waals surface area contributed by atoms with Crippen molar-refractivity contribution in [2.24, 2.45) is 11.7 Å². The number of aryl methyl sites for hydroxylation is 1. The van der Waals surface area contributed by atoms with E-state index < -0.39 is 17.9 Å². The second-order valence-electron chi connectivity index (χ2n) is 6.48. The Bertz CT molecular complexity index is 738. The number of esters is 1. The lowest BCUT2D eigenvalue weighted by molar-refractivity contribution is -0.157. The van der Waals surface area contributed by atoms with Crippen LogP contribution in [0.5, 0.6) is 0 Å². The lowest BCUT2D eigenvalue weighted by Crippen LogP contribution is -2.33. The highest BCUT2D eigenvalue weighted by Gasteiger charge is 2.29. The van der Waals surface area contributed by atoms with Crippen LogP contribution in [0.3, 0.4) is 0 Å². The predicted molar refractivity (Wildman–Crippen MR) is 95.5 cm³/mol. The quantitative estimate of drug-likeness (QED) is 0.621. The zero-order valence-corrected chi connectivity index (χ0v) is 15.0. The van der Waals surface area contributed by atoms with Crippen LogP contribution >= 0.6 is 11.3 Å². The molecule has 6 nitrogen and oxygen atoms in total. The molecule has 7 heteroatoms. The molecule has 2 aliphatic rings. The van der Waals surface area contributed by atoms with E-state index in [1.165, 1.54) is 18.3 Å². The second kappa shape index (κ2) is 7.39. The SMILES string of the molecule is C[C@H](OC(=O)[C@@H]1CC=CCC1)C(=O)Nc1sc2c(c1C(N)=O)CCC2. The Morgan fingerprint density at radius 1 is 1.32 bits per heavy atom. The number of ether oxygens (including phenoxy) is 1. The summed E-state index contributed by atoms with van der Waals surface area (Å²) in [6.45, 7) is 1.54. The van der Waals surface area contributed by atoms with Gasteiger partial charge in [0.2, 0.25) is 0 Å². The molecule has 134 valence electrons. The molecule has 3 N–H and O–H groups in total. The lowest BCUT2D eigenvalue weighted by Gasteiger charge is -2.19. The first kappa shape index (κ1) is 17.7. The molecule has 1 aromatic heterocycles. The lowest BCUT2D eigenvalue weighted by atomic mass is 9.95. The molecule has 25 heavy (non-hydrogen) atoms. The molecule has 2 aliphatic carbocycles. The number of carbonyl (C=O) groups is 3. The van der Waals surface area contributed by atoms with Gasteiger partial charge in [-0.25, -0.2) is 0 Å². The van der Waals surface area contributed by atoms with Crippen molar-refractivity contribution in [1.29, 1.82) is 0 Å². The third kappa shape index (κ3) is 3.76. The van der Waals surface area contributed by atoms with Crippen LogP contribution in [0.1, 0.15) is 53.4 Å². The third-order valence-electron chi connectivity index (χ3n) is 4.67. The number of rotatable bonds is 5. The first-order chi connectivity index (χ1) is 12.0. The van der Waals surface area contributed by atoms with Gasteiger partial charge in [-0.1, -0.05) is 12.2 Å². The molecule has 0 aliphatic heterocycles. The van der Waals surface area contributed by atoms with Crippen molar-refractivity contribution in [3.8, 4) is 0 Å². The van der Waals surface area contributed by atoms with E-state index in [2.05, 4.69) is 5.32 Å². The standard InChI is InChI=1S/C18H22N2O4S/c1-10(24-18(23)11-6-3-2-4-7-11)16(22)20-17-14(15(19)21)12-8-5-9-13(12)25-17/h2-3,10-11H,4-9H2,1H3,(H2,19,21)(H,20,22)/t10-,11+/m0/s1. The Morgan fingerprint density at radius 3 is 2.80 bits per heavy atom. The molecule has 0 bridgehead atoms. The highest BCUT2D eigenvalue weighted by atomic mass is 32.1. The van der Waals surface area contributed by atoms with Gasteiger partial charge in [0.15, 0.2) is 6.10 Å². The fourth-order valence-corrected chi connectivity index (χ4v) is 4.60. The van der Waals surface area contributed by atoms with Crippen molar-refractivity contribution in [3.63, 3.8) is 0 Å². The maximum Gasteiger partial charge on any atom is 0.310 e. The van der Waals surface area contributed by atoms with Gasteiger partial charge in [-0.2, -0.15) is 0 Å². The molecule has 1 heterocycles. The van der Waals surface area contributed by atoms with Gasteiger partial charge in [0.1, 0.15) is 5.00 Å². The van der Waals surface area contributed by atoms with Crippen LogP contribution in [0.15, 0.2) is 12.2 Å². The minimum Gasteiger partial charge on any atom is -0.452 e. The monoisotopic (exact) mass is 362 g/mol. The Balaban J connectivity index is 1.65. The molecule has 3 rings (SSSR count). The van der Waals surface area contributed by atoms with E-state index >= 15 is 0 Å². The summed E-state index contributed by atoms with van der Waals surface area (Å²) in [5.41, 5.74) is 6.84. The highest BCUT2D eigenvalue weighted by Crippen LogP contribution is 2.38. The Labute approximate surface area is 150 Å². The molecule has 0 saturated carbocycles. The number of hydrogen-bond acceptors (Lipinski definition) is 5. The average molecular weight is 362 g/mol. The first-order valence-corrected chi connectivity index (χ1v) is 9.39. The molecule has 0 fully saturated rings. The van der Waals surface area contributed by atoms with Crippen molar-refractivity contribution in [2.75, 3.05) is 5.32 Å². The van der Waals surface area contributed by atoms with E-state index in [0.717, 1.165) is 42.5 Å². The van der Waals surface area contributed by atoms with Crippen LogP contribution in [0.2, 0.25) is 0 Å². The zero-order valence-electron chi connectivity index (χ0n) is 14.2. The molecule has 0 spiro atoms. The summed E-state index contributed by atoms with van der Waals surface area (Å²) in [6, 6.07) is 0. The van der Waals surface area contributed by atoms with E-state index in [0.29, 0.717) is 17.0 Å². The van der Waals surface area contributed by atoms with E-state index in [9.17, 15) is 14.4 Å². The number of primary amides is 1. The summed E-state index contributed by atoms with van der Waals surface area (Å²) in [4.78, 5) is 37.4. The van der Waals surface area contributed by atoms with Crippen LogP contribution < -0.4 is 11.1 Å². The number of thiophene rings is 1. The Kier molecular flexibility index (Phi) is 5.22. The predicted octanol–water partition coefficient (Wildman–Crippen LogP) is 2.56. The zero-order chi connectivity index (χ0) is 18.0. The van der Waals surface area contributed by atoms with Crippen molar-refractivity contribution in [3.05, 3.63) is 28.2 Å². The summed E-state index contributed by atoms with van der Waals surface area (Å²) in [6.07, 6.45) is 8.03. The van der Waals surface area contributed by atoms with E-state index in [4.69, 9.17) is 10.5 Å². The van der Waals surface area contributed by atoms with Crippen LogP contribution in [0.4, 0.5) is 5.00 Å². The van der Waals surface area contributed by atoms with Gasteiger partial charge >= 0.3 is 5.97 Å². The third-order valence-corrected chi connectivity index (χ3v) is 5.88. The Morgan fingerprint density at radius 2 is 2.12 bits per heavy atom. The summed E-state index contributed by atoms with van der Waals surface area (Å²) in [7, 11) is 0. The first-order valence-electron chi connectivity index (χ1n) is 8.58. The number of fused-ring (bicyclic) bond motifs is 1. The van der Waals surface area contributed by atoms with Gasteiger partial charge in [-0.3, -0.25) is 14.4 Å². The van der Waals surface area contributed by atoms with Crippen LogP contribution in [-0.4, -0.2) is 23.9 Å². The maximum atomic E-state index is 12.4. The number of carbonyl (C=O) groups excluding carboxylic acids is 3. The summed E-state index contributed by atoms with van der Waals surface area (Å²) >= 11 is 1.39. The number of amides is 2. The summed E-state index contributed by atoms with van der Waals surface area (Å²) < 4.78 is 5.31. The smallest absolute Gasteiger partial charge is 0.310 e. The van der Waals surface area contributed by atoms with Crippen LogP contribution in [0, 0.1) is 5.92 Å². The van der Waals surface area contributed by atoms with Crippen molar-refractivity contribution in [1.82, 2.24) is 0 Å². The fraction of sp³-hybridized carbons (Fsp3) is 0.500. The molecular weight excluding hydrogens is 340 g/mol. The Hall–Kier alpha value is -2.15. The number of hydrogen-bond donors (Lipinski definition) is 2. The highest BCUT2D eigenvalue weighted by molar-refractivity contribution is 7.17. The van der Waals surface area contributed by atoms with Crippen molar-refractivity contribution < 1.29 is 19.1 Å². The molecule has 0 saturated heterocycles. The van der Waals surface area contributed by atoms with Gasteiger partial charge in [0.25, 0.3) is 11.8 Å². The fourth-order valence-electron chi connectivity index (χ4n) is 3.30. The molecule has 2 atom stereocenters. The van der Waals surface area contributed by atoms with Gasteiger partial charge in [-0.05, 0) is 51.0 Å². The average Bonchev–Trinajstić information content (AvgIpc) is 3.15. The number of nitrogens with one attached hydrogen (secondary N) is 1. The molecule has 2 amide bonds. The summed E-state index contributed by atoms with van der Waals surface area (Å²) in [5.74, 6) is -1.52. The number of allylic oxidation sites excluding steroid dienone is 2. The topological polar surface area (TPSA) is 98.5 Å². The van der Waals surface area contributed by atoms with Gasteiger partial charge in [0, 0.05) is 4.88 Å². The normalized spacial score (nSPS) is 20.0. The molecule has 1 aromatic rings. The van der Waals surface area contributed by atoms with Crippen molar-refractivity contribution in [2.45, 2.75) is 51.6 Å². The van der Waals surface area contributed by atoms with Gasteiger partial charge in [-0.15, -0.1) is 11.3 Å². The second-order valence-corrected chi connectivity index (χ2v) is 7.58.